The zero-order valence-corrected chi connectivity index (χ0v) is 20.6. The van der Waals surface area contributed by atoms with Crippen LogP contribution in [0.3, 0.4) is 0 Å². The van der Waals surface area contributed by atoms with Crippen LogP contribution in [0.25, 0.3) is 0 Å². The highest BCUT2D eigenvalue weighted by Crippen LogP contribution is 2.29. The average Bonchev–Trinajstić information content (AvgIpc) is 2.79. The second kappa shape index (κ2) is 10.7. The molecule has 4 rings (SSSR count). The van der Waals surface area contributed by atoms with Gasteiger partial charge in [0.15, 0.2) is 5.11 Å². The van der Waals surface area contributed by atoms with E-state index in [1.165, 1.54) is 32.1 Å². The molecule has 0 aliphatic carbocycles. The van der Waals surface area contributed by atoms with Crippen LogP contribution in [-0.4, -0.2) is 40.8 Å². The second-order valence-corrected chi connectivity index (χ2v) is 9.92. The van der Waals surface area contributed by atoms with E-state index in [1.807, 2.05) is 24.3 Å². The number of anilines is 3. The first-order chi connectivity index (χ1) is 15.5. The molecule has 6 nitrogen and oxygen atoms in total. The summed E-state index contributed by atoms with van der Waals surface area (Å²) in [6.07, 6.45) is 6.16. The number of nitrogens with one attached hydrogen (secondary N) is 2. The van der Waals surface area contributed by atoms with Crippen molar-refractivity contribution in [1.29, 1.82) is 0 Å². The van der Waals surface area contributed by atoms with Crippen molar-refractivity contribution in [3.05, 3.63) is 40.9 Å². The Labute approximate surface area is 201 Å². The fraction of sp³-hybridized carbons (Fsp3) is 0.542. The van der Waals surface area contributed by atoms with E-state index in [1.54, 1.807) is 0 Å². The minimum atomic E-state index is 0.481. The predicted molar refractivity (Wildman–Crippen MR) is 138 cm³/mol. The highest BCUT2D eigenvalue weighted by atomic mass is 35.5. The van der Waals surface area contributed by atoms with Crippen molar-refractivity contribution in [3.8, 4) is 0 Å². The molecule has 172 valence electrons. The first-order valence-electron chi connectivity index (χ1n) is 11.7. The number of hydrogen-bond acceptors (Lipinski definition) is 5. The number of rotatable bonds is 5. The molecule has 32 heavy (non-hydrogen) atoms. The van der Waals surface area contributed by atoms with Crippen molar-refractivity contribution in [2.24, 2.45) is 5.92 Å². The van der Waals surface area contributed by atoms with Gasteiger partial charge in [0.2, 0.25) is 5.95 Å². The molecule has 1 aromatic carbocycles. The summed E-state index contributed by atoms with van der Waals surface area (Å²) in [6.45, 7) is 8.32. The smallest absolute Gasteiger partial charge is 0.232 e. The molecular weight excluding hydrogens is 440 g/mol. The Morgan fingerprint density at radius 3 is 2.59 bits per heavy atom. The Kier molecular flexibility index (Phi) is 7.68. The number of aromatic nitrogens is 2. The van der Waals surface area contributed by atoms with Crippen molar-refractivity contribution in [1.82, 2.24) is 15.3 Å². The van der Waals surface area contributed by atoms with Gasteiger partial charge in [0.25, 0.3) is 0 Å². The summed E-state index contributed by atoms with van der Waals surface area (Å²) in [5.41, 5.74) is 1.11. The lowest BCUT2D eigenvalue weighted by atomic mass is 10.0. The molecule has 0 spiro atoms. The number of nitrogens with zero attached hydrogens (tertiary/aromatic N) is 4. The molecule has 2 aromatic rings. The summed E-state index contributed by atoms with van der Waals surface area (Å²) in [6, 6.07) is 10.4. The molecule has 2 saturated heterocycles. The van der Waals surface area contributed by atoms with Gasteiger partial charge in [-0.15, -0.1) is 0 Å². The van der Waals surface area contributed by atoms with Crippen LogP contribution in [0.2, 0.25) is 5.02 Å². The Morgan fingerprint density at radius 2 is 1.84 bits per heavy atom. The van der Waals surface area contributed by atoms with Crippen LogP contribution in [0, 0.1) is 5.92 Å². The highest BCUT2D eigenvalue weighted by molar-refractivity contribution is 7.80. The Morgan fingerprint density at radius 1 is 1.06 bits per heavy atom. The largest absolute Gasteiger partial charge is 0.358 e. The van der Waals surface area contributed by atoms with Gasteiger partial charge < -0.3 is 20.4 Å². The van der Waals surface area contributed by atoms with Gasteiger partial charge in [-0.3, -0.25) is 0 Å². The van der Waals surface area contributed by atoms with Gasteiger partial charge in [0.1, 0.15) is 11.6 Å². The monoisotopic (exact) mass is 472 g/mol. The molecule has 0 amide bonds. The van der Waals surface area contributed by atoms with E-state index in [0.717, 1.165) is 41.9 Å². The van der Waals surface area contributed by atoms with Gasteiger partial charge in [0, 0.05) is 43.3 Å². The molecule has 2 N–H and O–H groups in total. The van der Waals surface area contributed by atoms with Crippen LogP contribution < -0.4 is 20.4 Å². The lowest BCUT2D eigenvalue weighted by molar-refractivity contribution is 0.444. The normalized spacial score (nSPS) is 21.3. The van der Waals surface area contributed by atoms with Crippen molar-refractivity contribution in [3.63, 3.8) is 0 Å². The molecule has 0 radical (unpaired) electrons. The Hall–Kier alpha value is -2.12. The maximum Gasteiger partial charge on any atom is 0.232 e. The summed E-state index contributed by atoms with van der Waals surface area (Å²) < 4.78 is 0. The maximum absolute atomic E-state index is 5.98. The average molecular weight is 473 g/mol. The first-order valence-corrected chi connectivity index (χ1v) is 12.5. The lowest BCUT2D eigenvalue weighted by Crippen LogP contribution is -2.39. The highest BCUT2D eigenvalue weighted by Gasteiger charge is 2.24. The molecular formula is C24H33ClN6S. The van der Waals surface area contributed by atoms with Crippen LogP contribution in [0.5, 0.6) is 0 Å². The third kappa shape index (κ3) is 6.01. The number of piperidine rings is 2. The van der Waals surface area contributed by atoms with Crippen molar-refractivity contribution in [2.75, 3.05) is 34.8 Å². The van der Waals surface area contributed by atoms with Gasteiger partial charge in [-0.25, -0.2) is 0 Å². The maximum atomic E-state index is 5.98. The quantitative estimate of drug-likeness (QED) is 0.577. The van der Waals surface area contributed by atoms with Crippen LogP contribution in [0.4, 0.5) is 17.6 Å². The fourth-order valence-corrected chi connectivity index (χ4v) is 4.84. The van der Waals surface area contributed by atoms with Gasteiger partial charge in [0.05, 0.1) is 0 Å². The molecule has 8 heteroatoms. The van der Waals surface area contributed by atoms with Crippen LogP contribution in [0.1, 0.15) is 51.5 Å². The second-order valence-electron chi connectivity index (χ2n) is 9.07. The standard InChI is InChI=1S/C24H33ClN6S/c1-17-6-5-12-30(16-17)21-14-22(31-13-4-3-7-18(31)2)28-23(27-21)29-24(32)26-15-19-8-10-20(25)11-9-19/h8-11,14,17-18H,3-7,12-13,15-16H2,1-2H3,(H2,26,27,28,29,32)/t17-,18-/m0/s1. The molecule has 1 aromatic heterocycles. The predicted octanol–water partition coefficient (Wildman–Crippen LogP) is 5.23. The van der Waals surface area contributed by atoms with Crippen LogP contribution in [0.15, 0.2) is 30.3 Å². The molecule has 0 unspecified atom stereocenters. The van der Waals surface area contributed by atoms with Gasteiger partial charge >= 0.3 is 0 Å². The van der Waals surface area contributed by atoms with Crippen LogP contribution >= 0.6 is 23.8 Å². The Balaban J connectivity index is 1.51. The lowest BCUT2D eigenvalue weighted by Gasteiger charge is -2.36. The first kappa shape index (κ1) is 23.1. The minimum Gasteiger partial charge on any atom is -0.358 e. The molecule has 0 saturated carbocycles. The van der Waals surface area contributed by atoms with Gasteiger partial charge in [-0.05, 0) is 74.9 Å². The summed E-state index contributed by atoms with van der Waals surface area (Å²) in [5.74, 6) is 3.21. The van der Waals surface area contributed by atoms with Gasteiger partial charge in [-0.1, -0.05) is 30.7 Å². The third-order valence-electron chi connectivity index (χ3n) is 6.37. The summed E-state index contributed by atoms with van der Waals surface area (Å²) in [7, 11) is 0. The summed E-state index contributed by atoms with van der Waals surface area (Å²) in [4.78, 5) is 14.5. The van der Waals surface area contributed by atoms with E-state index in [9.17, 15) is 0 Å². The zero-order valence-electron chi connectivity index (χ0n) is 19.0. The van der Waals surface area contributed by atoms with E-state index in [4.69, 9.17) is 33.8 Å². The minimum absolute atomic E-state index is 0.481. The number of benzene rings is 1. The molecule has 2 aliphatic heterocycles. The van der Waals surface area contributed by atoms with Crippen molar-refractivity contribution < 1.29 is 0 Å². The molecule has 2 fully saturated rings. The third-order valence-corrected chi connectivity index (χ3v) is 6.87. The topological polar surface area (TPSA) is 56.3 Å². The number of halogens is 1. The van der Waals surface area contributed by atoms with E-state index in [0.29, 0.717) is 29.6 Å². The zero-order chi connectivity index (χ0) is 22.5. The SMILES string of the molecule is C[C@H]1CCCN(c2cc(N3CCCC[C@@H]3C)nc(NC(=S)NCc3ccc(Cl)cc3)n2)C1. The van der Waals surface area contributed by atoms with E-state index in [2.05, 4.69) is 40.3 Å². The Bertz CT molecular complexity index is 921. The van der Waals surface area contributed by atoms with Crippen LogP contribution in [-0.2, 0) is 6.54 Å². The molecule has 0 bridgehead atoms. The molecule has 3 heterocycles. The number of hydrogen-bond donors (Lipinski definition) is 2. The summed E-state index contributed by atoms with van der Waals surface area (Å²) >= 11 is 11.5. The summed E-state index contributed by atoms with van der Waals surface area (Å²) in [5, 5.41) is 7.72. The van der Waals surface area contributed by atoms with Crippen molar-refractivity contribution >= 4 is 46.5 Å². The van der Waals surface area contributed by atoms with Gasteiger partial charge in [-0.2, -0.15) is 9.97 Å². The van der Waals surface area contributed by atoms with E-state index < -0.39 is 0 Å². The van der Waals surface area contributed by atoms with Crippen molar-refractivity contribution in [2.45, 2.75) is 58.5 Å². The fourth-order valence-electron chi connectivity index (χ4n) is 4.55. The number of thiocarbonyl (C=S) groups is 1. The molecule has 2 atom stereocenters. The van der Waals surface area contributed by atoms with E-state index in [-0.39, 0.29) is 0 Å². The van der Waals surface area contributed by atoms with E-state index >= 15 is 0 Å². The molecule has 2 aliphatic rings.